The van der Waals surface area contributed by atoms with E-state index in [-0.39, 0.29) is 0 Å². The van der Waals surface area contributed by atoms with Gasteiger partial charge in [0.15, 0.2) is 0 Å². The van der Waals surface area contributed by atoms with Crippen LogP contribution < -0.4 is 0 Å². The molecule has 2 aliphatic carbocycles. The van der Waals surface area contributed by atoms with E-state index < -0.39 is 0 Å². The second-order valence-electron chi connectivity index (χ2n) is 5.51. The summed E-state index contributed by atoms with van der Waals surface area (Å²) in [6, 6.07) is 0. The largest absolute Gasteiger partial charge is 0.396 e. The fourth-order valence-electron chi connectivity index (χ4n) is 3.20. The summed E-state index contributed by atoms with van der Waals surface area (Å²) < 4.78 is 0. The minimum absolute atomic E-state index is 0.377. The zero-order valence-corrected chi connectivity index (χ0v) is 8.66. The summed E-state index contributed by atoms with van der Waals surface area (Å²) in [6.45, 7) is 5.09. The number of hydrogen-bond acceptors (Lipinski definition) is 1. The Labute approximate surface area is 80.8 Å². The van der Waals surface area contributed by atoms with Crippen molar-refractivity contribution in [1.29, 1.82) is 0 Å². The van der Waals surface area contributed by atoms with Crippen LogP contribution in [0.3, 0.4) is 0 Å². The Balaban J connectivity index is 2.14. The highest BCUT2D eigenvalue weighted by atomic mass is 16.3. The maximum atomic E-state index is 9.27. The van der Waals surface area contributed by atoms with Gasteiger partial charge in [-0.1, -0.05) is 26.0 Å². The molecule has 0 aromatic carbocycles. The topological polar surface area (TPSA) is 20.2 Å². The predicted octanol–water partition coefficient (Wildman–Crippen LogP) is 2.61. The second-order valence-corrected chi connectivity index (χ2v) is 5.51. The molecular weight excluding hydrogens is 160 g/mol. The predicted molar refractivity (Wildman–Crippen MR) is 54.3 cm³/mol. The molecule has 0 bridgehead atoms. The quantitative estimate of drug-likeness (QED) is 0.615. The second kappa shape index (κ2) is 3.13. The fourth-order valence-corrected chi connectivity index (χ4v) is 3.20. The fraction of sp³-hybridized carbons (Fsp3) is 0.833. The third-order valence-corrected chi connectivity index (χ3v) is 3.79. The van der Waals surface area contributed by atoms with Gasteiger partial charge in [-0.2, -0.15) is 0 Å². The first-order chi connectivity index (χ1) is 6.12. The number of allylic oxidation sites excluding steroid dienone is 2. The van der Waals surface area contributed by atoms with Crippen LogP contribution in [-0.4, -0.2) is 11.7 Å². The molecule has 0 heterocycles. The van der Waals surface area contributed by atoms with Crippen LogP contribution in [0, 0.1) is 23.2 Å². The van der Waals surface area contributed by atoms with Gasteiger partial charge in [0.2, 0.25) is 0 Å². The molecule has 0 aromatic heterocycles. The monoisotopic (exact) mass is 180 g/mol. The highest BCUT2D eigenvalue weighted by Crippen LogP contribution is 2.50. The Kier molecular flexibility index (Phi) is 2.23. The first-order valence-corrected chi connectivity index (χ1v) is 5.40. The van der Waals surface area contributed by atoms with Crippen molar-refractivity contribution < 1.29 is 5.11 Å². The van der Waals surface area contributed by atoms with Gasteiger partial charge in [0.05, 0.1) is 0 Å². The summed E-state index contributed by atoms with van der Waals surface area (Å²) in [7, 11) is 0. The van der Waals surface area contributed by atoms with Crippen LogP contribution in [-0.2, 0) is 0 Å². The van der Waals surface area contributed by atoms with Crippen LogP contribution in [0.5, 0.6) is 0 Å². The first kappa shape index (κ1) is 9.26. The normalized spacial score (nSPS) is 41.9. The number of fused-ring (bicyclic) bond motifs is 1. The van der Waals surface area contributed by atoms with E-state index in [9.17, 15) is 5.11 Å². The molecule has 2 aliphatic rings. The highest BCUT2D eigenvalue weighted by Gasteiger charge is 2.42. The van der Waals surface area contributed by atoms with Gasteiger partial charge < -0.3 is 5.11 Å². The lowest BCUT2D eigenvalue weighted by Crippen LogP contribution is -2.23. The zero-order valence-electron chi connectivity index (χ0n) is 8.66. The molecule has 3 atom stereocenters. The lowest BCUT2D eigenvalue weighted by atomic mass is 9.78. The van der Waals surface area contributed by atoms with Crippen molar-refractivity contribution in [2.75, 3.05) is 6.61 Å². The summed E-state index contributed by atoms with van der Waals surface area (Å²) in [6.07, 6.45) is 8.35. The van der Waals surface area contributed by atoms with Crippen LogP contribution in [0.2, 0.25) is 0 Å². The third kappa shape index (κ3) is 1.67. The van der Waals surface area contributed by atoms with Crippen molar-refractivity contribution >= 4 is 0 Å². The van der Waals surface area contributed by atoms with E-state index in [1.165, 1.54) is 12.8 Å². The molecular formula is C12H20O. The molecule has 1 fully saturated rings. The van der Waals surface area contributed by atoms with Crippen molar-refractivity contribution in [3.63, 3.8) is 0 Å². The van der Waals surface area contributed by atoms with Crippen molar-refractivity contribution in [2.24, 2.45) is 23.2 Å². The van der Waals surface area contributed by atoms with Gasteiger partial charge in [-0.3, -0.25) is 0 Å². The lowest BCUT2D eigenvalue weighted by molar-refractivity contribution is 0.152. The lowest BCUT2D eigenvalue weighted by Gasteiger charge is -2.28. The van der Waals surface area contributed by atoms with Gasteiger partial charge >= 0.3 is 0 Å². The van der Waals surface area contributed by atoms with E-state index in [0.29, 0.717) is 17.9 Å². The molecule has 1 saturated carbocycles. The van der Waals surface area contributed by atoms with Crippen LogP contribution >= 0.6 is 0 Å². The van der Waals surface area contributed by atoms with Gasteiger partial charge in [-0.15, -0.1) is 0 Å². The third-order valence-electron chi connectivity index (χ3n) is 3.79. The SMILES string of the molecule is CC1(C)CC2C=CCC(CO)C2C1. The minimum Gasteiger partial charge on any atom is -0.396 e. The van der Waals surface area contributed by atoms with Crippen molar-refractivity contribution in [2.45, 2.75) is 33.1 Å². The summed E-state index contributed by atoms with van der Waals surface area (Å²) in [5.74, 6) is 2.04. The minimum atomic E-state index is 0.377. The average molecular weight is 180 g/mol. The Morgan fingerprint density at radius 2 is 2.15 bits per heavy atom. The molecule has 1 heteroatoms. The summed E-state index contributed by atoms with van der Waals surface area (Å²) in [4.78, 5) is 0. The molecule has 2 rings (SSSR count). The molecule has 74 valence electrons. The average Bonchev–Trinajstić information content (AvgIpc) is 2.37. The van der Waals surface area contributed by atoms with Crippen LogP contribution in [0.15, 0.2) is 12.2 Å². The van der Waals surface area contributed by atoms with Gasteiger partial charge in [-0.05, 0) is 42.4 Å². The molecule has 0 amide bonds. The van der Waals surface area contributed by atoms with E-state index in [0.717, 1.165) is 18.3 Å². The Morgan fingerprint density at radius 3 is 2.85 bits per heavy atom. The van der Waals surface area contributed by atoms with Gasteiger partial charge in [0.25, 0.3) is 0 Å². The van der Waals surface area contributed by atoms with Crippen LogP contribution in [0.25, 0.3) is 0 Å². The summed E-state index contributed by atoms with van der Waals surface area (Å²) in [5, 5.41) is 9.27. The van der Waals surface area contributed by atoms with Crippen LogP contribution in [0.1, 0.15) is 33.1 Å². The van der Waals surface area contributed by atoms with Crippen molar-refractivity contribution in [3.8, 4) is 0 Å². The zero-order chi connectivity index (χ0) is 9.47. The van der Waals surface area contributed by atoms with Crippen molar-refractivity contribution in [1.82, 2.24) is 0 Å². The number of rotatable bonds is 1. The van der Waals surface area contributed by atoms with E-state index in [1.807, 2.05) is 0 Å². The van der Waals surface area contributed by atoms with E-state index >= 15 is 0 Å². The van der Waals surface area contributed by atoms with Gasteiger partial charge in [0.1, 0.15) is 0 Å². The number of aliphatic hydroxyl groups is 1. The Bertz CT molecular complexity index is 217. The molecule has 0 aromatic rings. The maximum absolute atomic E-state index is 9.27. The molecule has 3 unspecified atom stereocenters. The van der Waals surface area contributed by atoms with E-state index in [1.54, 1.807) is 0 Å². The molecule has 0 saturated heterocycles. The number of hydrogen-bond donors (Lipinski definition) is 1. The first-order valence-electron chi connectivity index (χ1n) is 5.40. The van der Waals surface area contributed by atoms with Crippen LogP contribution in [0.4, 0.5) is 0 Å². The summed E-state index contributed by atoms with van der Waals surface area (Å²) >= 11 is 0. The van der Waals surface area contributed by atoms with Crippen molar-refractivity contribution in [3.05, 3.63) is 12.2 Å². The number of aliphatic hydroxyl groups excluding tert-OH is 1. The molecule has 0 spiro atoms. The van der Waals surface area contributed by atoms with E-state index in [4.69, 9.17) is 0 Å². The Hall–Kier alpha value is -0.300. The Morgan fingerprint density at radius 1 is 1.38 bits per heavy atom. The molecule has 0 aliphatic heterocycles. The van der Waals surface area contributed by atoms with E-state index in [2.05, 4.69) is 26.0 Å². The molecule has 1 nitrogen and oxygen atoms in total. The van der Waals surface area contributed by atoms with Gasteiger partial charge in [-0.25, -0.2) is 0 Å². The molecule has 13 heavy (non-hydrogen) atoms. The smallest absolute Gasteiger partial charge is 0.0465 e. The van der Waals surface area contributed by atoms with Gasteiger partial charge in [0, 0.05) is 6.61 Å². The summed E-state index contributed by atoms with van der Waals surface area (Å²) in [5.41, 5.74) is 0.497. The maximum Gasteiger partial charge on any atom is 0.0465 e. The molecule has 0 radical (unpaired) electrons. The molecule has 1 N–H and O–H groups in total. The standard InChI is InChI=1S/C12H20O/c1-12(2)6-9-4-3-5-10(8-13)11(9)7-12/h3-4,9-11,13H,5-8H2,1-2H3. The highest BCUT2D eigenvalue weighted by molar-refractivity contribution is 5.06.